The number of aromatic nitrogens is 4. The maximum atomic E-state index is 6.03. The molecule has 0 amide bonds. The maximum absolute atomic E-state index is 6.03. The highest BCUT2D eigenvalue weighted by Crippen LogP contribution is 2.32. The Labute approximate surface area is 112 Å². The van der Waals surface area contributed by atoms with E-state index in [4.69, 9.17) is 11.6 Å². The van der Waals surface area contributed by atoms with E-state index < -0.39 is 0 Å². The lowest BCUT2D eigenvalue weighted by atomic mass is 10.5. The van der Waals surface area contributed by atoms with Crippen LogP contribution < -0.4 is 5.32 Å². The second-order valence-corrected chi connectivity index (χ2v) is 5.51. The van der Waals surface area contributed by atoms with Gasteiger partial charge < -0.3 is 5.32 Å². The van der Waals surface area contributed by atoms with Gasteiger partial charge in [-0.2, -0.15) is 4.37 Å². The molecule has 0 aliphatic heterocycles. The first-order valence-electron chi connectivity index (χ1n) is 5.00. The monoisotopic (exact) mass is 287 g/mol. The Bertz CT molecular complexity index is 476. The van der Waals surface area contributed by atoms with Crippen LogP contribution in [0.3, 0.4) is 0 Å². The Kier molecular flexibility index (Phi) is 4.52. The molecule has 5 nitrogen and oxygen atoms in total. The summed E-state index contributed by atoms with van der Waals surface area (Å²) < 4.78 is 4.74. The summed E-state index contributed by atoms with van der Waals surface area (Å²) in [5.74, 6) is 0.586. The van der Waals surface area contributed by atoms with Crippen molar-refractivity contribution < 1.29 is 0 Å². The minimum atomic E-state index is 0.521. The van der Waals surface area contributed by atoms with E-state index in [1.807, 2.05) is 0 Å². The van der Waals surface area contributed by atoms with Crippen LogP contribution in [0.1, 0.15) is 13.3 Å². The number of nitrogens with zero attached hydrogens (tertiary/aromatic N) is 4. The van der Waals surface area contributed by atoms with Gasteiger partial charge in [-0.05, 0) is 29.7 Å². The Morgan fingerprint density at radius 2 is 2.35 bits per heavy atom. The first-order valence-corrected chi connectivity index (χ1v) is 6.97. The average Bonchev–Trinajstić information content (AvgIpc) is 2.83. The Morgan fingerprint density at radius 1 is 1.47 bits per heavy atom. The number of nitrogens with one attached hydrogen (secondary N) is 1. The molecular formula is C9H10ClN5S2. The van der Waals surface area contributed by atoms with E-state index >= 15 is 0 Å². The third-order valence-electron chi connectivity index (χ3n) is 1.77. The molecule has 0 saturated heterocycles. The lowest BCUT2D eigenvalue weighted by molar-refractivity contribution is 0.935. The molecule has 17 heavy (non-hydrogen) atoms. The van der Waals surface area contributed by atoms with Crippen molar-refractivity contribution in [1.82, 2.24) is 19.3 Å². The summed E-state index contributed by atoms with van der Waals surface area (Å²) in [7, 11) is 0. The quantitative estimate of drug-likeness (QED) is 0.853. The minimum Gasteiger partial charge on any atom is -0.354 e. The van der Waals surface area contributed by atoms with Crippen molar-refractivity contribution >= 4 is 40.8 Å². The van der Waals surface area contributed by atoms with Crippen LogP contribution in [0, 0.1) is 0 Å². The van der Waals surface area contributed by atoms with E-state index in [1.165, 1.54) is 29.6 Å². The van der Waals surface area contributed by atoms with Crippen LogP contribution in [0.15, 0.2) is 21.9 Å². The van der Waals surface area contributed by atoms with E-state index in [1.54, 1.807) is 6.20 Å². The Balaban J connectivity index is 2.14. The van der Waals surface area contributed by atoms with Crippen LogP contribution in [0.25, 0.3) is 0 Å². The fraction of sp³-hybridized carbons (Fsp3) is 0.333. The first kappa shape index (κ1) is 12.5. The Morgan fingerprint density at radius 3 is 3.06 bits per heavy atom. The molecule has 2 rings (SSSR count). The topological polar surface area (TPSA) is 63.6 Å². The molecule has 0 aliphatic rings. The molecule has 0 spiro atoms. The van der Waals surface area contributed by atoms with E-state index in [0.717, 1.165) is 17.3 Å². The zero-order chi connectivity index (χ0) is 12.1. The molecule has 0 atom stereocenters. The van der Waals surface area contributed by atoms with Crippen molar-refractivity contribution in [3.63, 3.8) is 0 Å². The van der Waals surface area contributed by atoms with Gasteiger partial charge in [0.05, 0.1) is 11.2 Å². The highest BCUT2D eigenvalue weighted by Gasteiger charge is 2.09. The van der Waals surface area contributed by atoms with Crippen LogP contribution in [0.5, 0.6) is 0 Å². The smallest absolute Gasteiger partial charge is 0.223 e. The average molecular weight is 288 g/mol. The second kappa shape index (κ2) is 6.13. The van der Waals surface area contributed by atoms with Crippen LogP contribution >= 0.6 is 34.9 Å². The molecule has 0 saturated carbocycles. The summed E-state index contributed by atoms with van der Waals surface area (Å²) in [4.78, 5) is 12.5. The van der Waals surface area contributed by atoms with Crippen LogP contribution in [-0.2, 0) is 0 Å². The van der Waals surface area contributed by atoms with Crippen molar-refractivity contribution in [1.29, 1.82) is 0 Å². The van der Waals surface area contributed by atoms with E-state index in [-0.39, 0.29) is 0 Å². The largest absolute Gasteiger partial charge is 0.354 e. The van der Waals surface area contributed by atoms with Gasteiger partial charge in [-0.25, -0.2) is 15.0 Å². The summed E-state index contributed by atoms with van der Waals surface area (Å²) in [6.45, 7) is 2.92. The highest BCUT2D eigenvalue weighted by molar-refractivity contribution is 8.01. The predicted molar refractivity (Wildman–Crippen MR) is 69.9 cm³/mol. The number of anilines is 1. The van der Waals surface area contributed by atoms with Gasteiger partial charge in [-0.1, -0.05) is 18.5 Å². The van der Waals surface area contributed by atoms with Crippen LogP contribution in [0.4, 0.5) is 5.95 Å². The molecule has 90 valence electrons. The lowest BCUT2D eigenvalue weighted by Crippen LogP contribution is -2.04. The fourth-order valence-corrected chi connectivity index (χ4v) is 2.58. The summed E-state index contributed by atoms with van der Waals surface area (Å²) in [5.41, 5.74) is 0. The molecule has 8 heteroatoms. The Hall–Kier alpha value is -0.920. The highest BCUT2D eigenvalue weighted by atomic mass is 35.5. The summed E-state index contributed by atoms with van der Waals surface area (Å²) in [6.07, 6.45) is 4.12. The van der Waals surface area contributed by atoms with Crippen LogP contribution in [0.2, 0.25) is 5.02 Å². The standard InChI is InChI=1S/C9H10ClN5S2/c1-2-3-11-8-12-4-6(10)7(15-8)16-9-13-5-14-17-9/h4-5H,2-3H2,1H3,(H,11,12,15). The SMILES string of the molecule is CCCNc1ncc(Cl)c(Sc2ncns2)n1. The number of hydrogen-bond acceptors (Lipinski definition) is 7. The van der Waals surface area contributed by atoms with Gasteiger partial charge in [0.2, 0.25) is 5.95 Å². The van der Waals surface area contributed by atoms with Crippen molar-refractivity contribution in [2.75, 3.05) is 11.9 Å². The molecule has 2 heterocycles. The molecule has 0 aromatic carbocycles. The normalized spacial score (nSPS) is 10.5. The summed E-state index contributed by atoms with van der Waals surface area (Å²) in [5, 5.41) is 4.33. The zero-order valence-corrected chi connectivity index (χ0v) is 11.4. The van der Waals surface area contributed by atoms with Crippen molar-refractivity contribution in [3.8, 4) is 0 Å². The molecule has 0 fully saturated rings. The van der Waals surface area contributed by atoms with Gasteiger partial charge in [0.25, 0.3) is 0 Å². The van der Waals surface area contributed by atoms with E-state index in [2.05, 4.69) is 31.6 Å². The first-order chi connectivity index (χ1) is 8.29. The summed E-state index contributed by atoms with van der Waals surface area (Å²) >= 11 is 8.73. The lowest BCUT2D eigenvalue weighted by Gasteiger charge is -2.05. The van der Waals surface area contributed by atoms with Gasteiger partial charge >= 0.3 is 0 Å². The van der Waals surface area contributed by atoms with Crippen LogP contribution in [-0.4, -0.2) is 25.9 Å². The fourth-order valence-electron chi connectivity index (χ4n) is 1.04. The van der Waals surface area contributed by atoms with Gasteiger partial charge in [0, 0.05) is 6.54 Å². The van der Waals surface area contributed by atoms with Crippen molar-refractivity contribution in [3.05, 3.63) is 17.5 Å². The second-order valence-electron chi connectivity index (χ2n) is 3.08. The molecular weight excluding hydrogens is 278 g/mol. The number of halogens is 1. The van der Waals surface area contributed by atoms with Crippen molar-refractivity contribution in [2.24, 2.45) is 0 Å². The third kappa shape index (κ3) is 3.52. The molecule has 2 aromatic heterocycles. The summed E-state index contributed by atoms with van der Waals surface area (Å²) in [6, 6.07) is 0. The molecule has 2 aromatic rings. The van der Waals surface area contributed by atoms with Gasteiger partial charge in [0.1, 0.15) is 11.4 Å². The molecule has 0 unspecified atom stereocenters. The van der Waals surface area contributed by atoms with E-state index in [0.29, 0.717) is 16.0 Å². The van der Waals surface area contributed by atoms with E-state index in [9.17, 15) is 0 Å². The molecule has 0 bridgehead atoms. The van der Waals surface area contributed by atoms with Crippen molar-refractivity contribution in [2.45, 2.75) is 22.7 Å². The number of rotatable bonds is 5. The van der Waals surface area contributed by atoms with Gasteiger partial charge in [-0.15, -0.1) is 0 Å². The zero-order valence-electron chi connectivity index (χ0n) is 9.05. The van der Waals surface area contributed by atoms with Gasteiger partial charge in [0.15, 0.2) is 4.34 Å². The predicted octanol–water partition coefficient (Wildman–Crippen LogP) is 2.95. The maximum Gasteiger partial charge on any atom is 0.223 e. The minimum absolute atomic E-state index is 0.521. The molecule has 1 N–H and O–H groups in total. The van der Waals surface area contributed by atoms with Gasteiger partial charge in [-0.3, -0.25) is 0 Å². The third-order valence-corrected chi connectivity index (χ3v) is 3.88. The number of hydrogen-bond donors (Lipinski definition) is 1. The molecule has 0 radical (unpaired) electrons. The molecule has 0 aliphatic carbocycles.